The number of benzene rings is 1. The highest BCUT2D eigenvalue weighted by Crippen LogP contribution is 2.23. The number of hydrogen-bond donors (Lipinski definition) is 21. The number of H-pyrrole nitrogens is 1. The van der Waals surface area contributed by atoms with Crippen LogP contribution in [0.5, 0.6) is 0 Å². The van der Waals surface area contributed by atoms with Crippen LogP contribution >= 0.6 is 24.4 Å². The summed E-state index contributed by atoms with van der Waals surface area (Å²) in [6.45, 7) is 8.74. The Morgan fingerprint density at radius 1 is 0.588 bits per heavy atom. The van der Waals surface area contributed by atoms with E-state index < -0.39 is 163 Å². The van der Waals surface area contributed by atoms with Gasteiger partial charge in [0.05, 0.1) is 19.3 Å². The quantitative estimate of drug-likeness (QED) is 0.0129. The Morgan fingerprint density at radius 3 is 1.57 bits per heavy atom. The number of rotatable bonds is 47. The van der Waals surface area contributed by atoms with Crippen molar-refractivity contribution in [2.45, 2.75) is 198 Å². The van der Waals surface area contributed by atoms with Crippen LogP contribution in [0, 0.1) is 17.8 Å². The largest absolute Gasteiger partial charge is 0.480 e. The first kappa shape index (κ1) is 87.7. The van der Waals surface area contributed by atoms with E-state index in [4.69, 9.17) is 34.4 Å². The number of nitrogens with two attached hydrogens (primary N) is 6. The standard InChI is InChI=1S/C65H110N20O15S2/c1-34(2)27-44(78-52(88)39(67)21-26-102-7)56(92)76-43(19-13-24-73-65(70)71)54(90)79-45(29-37-30-74-40-16-9-8-15-38(37)40)57(93)81-47(31-86)58(94)77-42(18-12-23-72-64(68)69)53(89)75-41(17-10-11-22-66)55(91)80-46(28-35(3)4)62(98)85-25-14-20-50(85)60(96)83-49(33-101)59(95)84-51(36(5)6)61(97)82-48(32-87)63(99)100/h8-9,15-16,30,34-36,39,41-51,74,86-87,101H,10-14,17-29,31-33,66-67H2,1-7H3,(H,75,89)(H,76,92)(H,77,94)(H,78,88)(H,79,90)(H,80,91)(H,81,93)(H,82,97)(H,83,96)(H,84,95)(H,99,100)(H4,68,69,72)(H4,70,71,73)/t39-,41-,42-,43-,44+,45-,46-,47-,48-,49-,50-,51-/m0/s1. The summed E-state index contributed by atoms with van der Waals surface area (Å²) in [7, 11) is 0. The molecule has 3 rings (SSSR count). The lowest BCUT2D eigenvalue weighted by Crippen LogP contribution is -2.61. The molecule has 12 atom stereocenters. The van der Waals surface area contributed by atoms with Crippen molar-refractivity contribution < 1.29 is 72.9 Å². The monoisotopic (exact) mass is 1470 g/mol. The number of carbonyl (C=O) groups excluding carboxylic acids is 11. The molecule has 0 unspecified atom stereocenters. The minimum absolute atomic E-state index is 0.0309. The van der Waals surface area contributed by atoms with Gasteiger partial charge in [0.2, 0.25) is 65.0 Å². The van der Waals surface area contributed by atoms with Crippen LogP contribution in [0.1, 0.15) is 124 Å². The van der Waals surface area contributed by atoms with Gasteiger partial charge in [-0.25, -0.2) is 4.79 Å². The van der Waals surface area contributed by atoms with Crippen molar-refractivity contribution in [1.82, 2.24) is 63.1 Å². The maximum absolute atomic E-state index is 14.8. The Kier molecular flexibility index (Phi) is 39.1. The van der Waals surface area contributed by atoms with Crippen molar-refractivity contribution >= 4 is 118 Å². The molecule has 1 aromatic carbocycles. The predicted octanol–water partition coefficient (Wildman–Crippen LogP) is -4.39. The number of amides is 11. The molecule has 0 radical (unpaired) electrons. The molecule has 0 bridgehead atoms. The van der Waals surface area contributed by atoms with E-state index in [1.807, 2.05) is 20.1 Å². The Hall–Kier alpha value is -8.52. The van der Waals surface area contributed by atoms with Gasteiger partial charge >= 0.3 is 5.97 Å². The zero-order valence-corrected chi connectivity index (χ0v) is 61.0. The first-order valence-electron chi connectivity index (χ1n) is 34.3. The van der Waals surface area contributed by atoms with Gasteiger partial charge in [-0.2, -0.15) is 24.4 Å². The highest BCUT2D eigenvalue weighted by Gasteiger charge is 2.41. The number of aromatic nitrogens is 1. The molecule has 0 spiro atoms. The number of nitrogens with one attached hydrogen (secondary N) is 11. The number of thiol groups is 1. The molecule has 35 nitrogen and oxygen atoms in total. The summed E-state index contributed by atoms with van der Waals surface area (Å²) >= 11 is 5.75. The van der Waals surface area contributed by atoms with Crippen LogP contribution in [0.3, 0.4) is 0 Å². The first-order chi connectivity index (χ1) is 48.3. The summed E-state index contributed by atoms with van der Waals surface area (Å²) in [5.74, 6) is -11.8. The van der Waals surface area contributed by atoms with Gasteiger partial charge in [-0.15, -0.1) is 0 Å². The molecule has 26 N–H and O–H groups in total. The van der Waals surface area contributed by atoms with Gasteiger partial charge in [-0.05, 0) is 125 Å². The van der Waals surface area contributed by atoms with Crippen molar-refractivity contribution in [2.75, 3.05) is 57.2 Å². The van der Waals surface area contributed by atoms with Gasteiger partial charge in [-0.1, -0.05) is 59.7 Å². The zero-order chi connectivity index (χ0) is 76.3. The summed E-state index contributed by atoms with van der Waals surface area (Å²) in [5.41, 5.74) is 35.6. The molecule has 1 aliphatic rings. The molecular formula is C65H110N20O15S2. The number of aromatic amines is 1. The van der Waals surface area contributed by atoms with E-state index in [1.165, 1.54) is 16.7 Å². The third-order valence-electron chi connectivity index (χ3n) is 16.6. The maximum Gasteiger partial charge on any atom is 0.328 e. The Morgan fingerprint density at radius 2 is 1.06 bits per heavy atom. The number of aliphatic imine (C=N–C) groups is 2. The maximum atomic E-state index is 14.8. The minimum Gasteiger partial charge on any atom is -0.480 e. The molecule has 2 heterocycles. The molecule has 1 fully saturated rings. The summed E-state index contributed by atoms with van der Waals surface area (Å²) in [6, 6.07) is -9.30. The Balaban J connectivity index is 1.98. The molecule has 1 aliphatic heterocycles. The minimum atomic E-state index is -1.81. The lowest BCUT2D eigenvalue weighted by molar-refractivity contribution is -0.144. The fourth-order valence-electron chi connectivity index (χ4n) is 11.1. The molecule has 572 valence electrons. The van der Waals surface area contributed by atoms with Crippen LogP contribution in [0.4, 0.5) is 0 Å². The van der Waals surface area contributed by atoms with E-state index in [-0.39, 0.29) is 120 Å². The van der Waals surface area contributed by atoms with E-state index in [9.17, 15) is 72.9 Å². The molecule has 37 heteroatoms. The fourth-order valence-corrected chi connectivity index (χ4v) is 11.9. The van der Waals surface area contributed by atoms with Gasteiger partial charge in [-0.3, -0.25) is 62.7 Å². The number of guanidine groups is 2. The average molecular weight is 1480 g/mol. The summed E-state index contributed by atoms with van der Waals surface area (Å²) in [6.07, 6.45) is 4.90. The van der Waals surface area contributed by atoms with E-state index in [1.54, 1.807) is 58.2 Å². The lowest BCUT2D eigenvalue weighted by atomic mass is 10.0. The molecular weight excluding hydrogens is 1360 g/mol. The summed E-state index contributed by atoms with van der Waals surface area (Å²) < 4.78 is 0. The SMILES string of the molecule is CSCC[C@H](N)C(=O)N[C@H](CC(C)C)C(=O)N[C@@H](CCCN=C(N)N)C(=O)N[C@@H](Cc1c[nH]c2ccccc12)C(=O)N[C@@H](CO)C(=O)N[C@@H](CCCN=C(N)N)C(=O)N[C@@H](CCCCN)C(=O)N[C@@H](CC(C)C)C(=O)N1CCC[C@H]1C(=O)N[C@@H](CS)C(=O)N[C@H](C(=O)N[C@@H](CO)C(=O)O)C(C)C. The number of carbonyl (C=O) groups is 12. The van der Waals surface area contributed by atoms with E-state index in [0.29, 0.717) is 41.5 Å². The fraction of sp³-hybridized carbons (Fsp3) is 0.662. The molecule has 0 aliphatic carbocycles. The third-order valence-corrected chi connectivity index (χ3v) is 17.6. The van der Waals surface area contributed by atoms with Crippen molar-refractivity contribution in [3.8, 4) is 0 Å². The number of hydrogen-bond acceptors (Lipinski definition) is 20. The van der Waals surface area contributed by atoms with Crippen LogP contribution in [0.15, 0.2) is 40.4 Å². The third kappa shape index (κ3) is 29.8. The van der Waals surface area contributed by atoms with Crippen molar-refractivity contribution in [3.63, 3.8) is 0 Å². The highest BCUT2D eigenvalue weighted by molar-refractivity contribution is 7.98. The number of carboxylic acids is 1. The van der Waals surface area contributed by atoms with Gasteiger partial charge in [0.15, 0.2) is 11.9 Å². The van der Waals surface area contributed by atoms with Crippen LogP contribution in [-0.4, -0.2) is 238 Å². The van der Waals surface area contributed by atoms with Crippen molar-refractivity contribution in [3.05, 3.63) is 36.0 Å². The van der Waals surface area contributed by atoms with Crippen LogP contribution < -0.4 is 87.6 Å². The number of aliphatic hydroxyl groups is 2. The molecule has 1 saturated heterocycles. The summed E-state index contributed by atoms with van der Waals surface area (Å²) in [5, 5.41) is 56.4. The summed E-state index contributed by atoms with van der Waals surface area (Å²) in [4.78, 5) is 180. The van der Waals surface area contributed by atoms with Crippen LogP contribution in [0.25, 0.3) is 10.9 Å². The van der Waals surface area contributed by atoms with Gasteiger partial charge in [0.25, 0.3) is 0 Å². The second-order valence-electron chi connectivity index (χ2n) is 26.2. The topological polar surface area (TPSA) is 586 Å². The molecule has 1 aromatic heterocycles. The molecule has 0 saturated carbocycles. The average Bonchev–Trinajstić information content (AvgIpc) is 1.71. The van der Waals surface area contributed by atoms with Gasteiger partial charge < -0.3 is 113 Å². The van der Waals surface area contributed by atoms with Gasteiger partial charge in [0, 0.05) is 48.9 Å². The van der Waals surface area contributed by atoms with Crippen LogP contribution in [0.2, 0.25) is 0 Å². The van der Waals surface area contributed by atoms with E-state index >= 15 is 0 Å². The normalized spacial score (nSPS) is 16.1. The van der Waals surface area contributed by atoms with Crippen molar-refractivity contribution in [1.29, 1.82) is 0 Å². The number of para-hydroxylation sites is 1. The first-order valence-corrected chi connectivity index (χ1v) is 36.3. The number of fused-ring (bicyclic) bond motifs is 1. The molecule has 102 heavy (non-hydrogen) atoms. The van der Waals surface area contributed by atoms with E-state index in [2.05, 4.69) is 80.8 Å². The van der Waals surface area contributed by atoms with Crippen LogP contribution in [-0.2, 0) is 64.0 Å². The number of nitrogens with zero attached hydrogens (tertiary/aromatic N) is 3. The molecule has 11 amide bonds. The predicted molar refractivity (Wildman–Crippen MR) is 389 cm³/mol. The van der Waals surface area contributed by atoms with Gasteiger partial charge in [0.1, 0.15) is 66.5 Å². The zero-order valence-electron chi connectivity index (χ0n) is 59.3. The molecule has 2 aromatic rings. The number of aliphatic hydroxyl groups excluding tert-OH is 2. The number of likely N-dealkylation sites (tertiary alicyclic amines) is 1. The smallest absolute Gasteiger partial charge is 0.328 e. The number of unbranched alkanes of at least 4 members (excludes halogenated alkanes) is 1. The number of carboxylic acid groups (broad SMARTS) is 1. The Bertz CT molecular complexity index is 3170. The second-order valence-corrected chi connectivity index (χ2v) is 27.6. The highest BCUT2D eigenvalue weighted by atomic mass is 32.2. The Labute approximate surface area is 604 Å². The number of aliphatic carboxylic acids is 1. The van der Waals surface area contributed by atoms with Crippen molar-refractivity contribution in [2.24, 2.45) is 62.1 Å². The van der Waals surface area contributed by atoms with E-state index in [0.717, 1.165) is 0 Å². The number of thioether (sulfide) groups is 1. The lowest BCUT2D eigenvalue weighted by Gasteiger charge is -2.32. The second kappa shape index (κ2) is 45.5.